The molecule has 0 saturated carbocycles. The molecule has 0 bridgehead atoms. The topological polar surface area (TPSA) is 77.1 Å². The number of piperazine rings is 1. The first kappa shape index (κ1) is 29.7. The van der Waals surface area contributed by atoms with Gasteiger partial charge in [-0.2, -0.15) is 0 Å². The van der Waals surface area contributed by atoms with Gasteiger partial charge in [0.15, 0.2) is 0 Å². The molecule has 1 amide bonds. The fourth-order valence-electron chi connectivity index (χ4n) is 6.31. The molecule has 3 aliphatic rings. The Morgan fingerprint density at radius 2 is 1.70 bits per heavy atom. The van der Waals surface area contributed by atoms with Gasteiger partial charge >= 0.3 is 0 Å². The molecule has 43 heavy (non-hydrogen) atoms. The Hall–Kier alpha value is -3.40. The Morgan fingerprint density at radius 3 is 2.49 bits per heavy atom. The Balaban J connectivity index is 1.01. The molecular weight excluding hydrogens is 562 g/mol. The minimum absolute atomic E-state index is 0.115. The highest BCUT2D eigenvalue weighted by Crippen LogP contribution is 2.35. The number of ether oxygens (including phenoxy) is 1. The molecule has 2 saturated heterocycles. The van der Waals surface area contributed by atoms with Crippen molar-refractivity contribution in [2.75, 3.05) is 75.7 Å². The SMILES string of the molecule is Cc1ncc2c(n1)N(CCCN1CCN(CC(=O)N3CCCC3)CC1)CCC2Nc1cccc(Oc2cccc(Cl)c2)c1. The second-order valence-electron chi connectivity index (χ2n) is 11.8. The highest BCUT2D eigenvalue weighted by atomic mass is 35.5. The highest BCUT2D eigenvalue weighted by Gasteiger charge is 2.28. The molecule has 10 heteroatoms. The third-order valence-electron chi connectivity index (χ3n) is 8.67. The number of halogens is 1. The average molecular weight is 604 g/mol. The van der Waals surface area contributed by atoms with E-state index in [1.165, 1.54) is 0 Å². The molecule has 2 aromatic carbocycles. The van der Waals surface area contributed by atoms with Gasteiger partial charge in [-0.15, -0.1) is 0 Å². The van der Waals surface area contributed by atoms with E-state index < -0.39 is 0 Å². The molecule has 3 aliphatic heterocycles. The Labute approximate surface area is 259 Å². The predicted octanol–water partition coefficient (Wildman–Crippen LogP) is 5.22. The summed E-state index contributed by atoms with van der Waals surface area (Å²) in [5, 5.41) is 4.35. The van der Waals surface area contributed by atoms with Crippen LogP contribution >= 0.6 is 11.6 Å². The van der Waals surface area contributed by atoms with Crippen molar-refractivity contribution in [2.24, 2.45) is 0 Å². The quantitative estimate of drug-likeness (QED) is 0.338. The summed E-state index contributed by atoms with van der Waals surface area (Å²) in [6.45, 7) is 11.4. The zero-order chi connectivity index (χ0) is 29.6. The van der Waals surface area contributed by atoms with E-state index in [0.29, 0.717) is 23.2 Å². The molecule has 6 rings (SSSR count). The first-order valence-electron chi connectivity index (χ1n) is 15.6. The van der Waals surface area contributed by atoms with Crippen LogP contribution in [0, 0.1) is 6.92 Å². The van der Waals surface area contributed by atoms with Crippen LogP contribution in [0.4, 0.5) is 11.5 Å². The summed E-state index contributed by atoms with van der Waals surface area (Å²) >= 11 is 6.13. The molecule has 2 fully saturated rings. The Bertz CT molecular complexity index is 1390. The molecule has 0 radical (unpaired) electrons. The summed E-state index contributed by atoms with van der Waals surface area (Å²) in [6.07, 6.45) is 6.33. The number of nitrogens with one attached hydrogen (secondary N) is 1. The van der Waals surface area contributed by atoms with E-state index in [0.717, 1.165) is 113 Å². The first-order chi connectivity index (χ1) is 21.0. The Morgan fingerprint density at radius 1 is 0.953 bits per heavy atom. The van der Waals surface area contributed by atoms with Crippen LogP contribution in [0.1, 0.15) is 43.1 Å². The first-order valence-corrected chi connectivity index (χ1v) is 16.0. The number of carbonyl (C=O) groups excluding carboxylic acids is 1. The second kappa shape index (κ2) is 13.9. The van der Waals surface area contributed by atoms with Gasteiger partial charge in [-0.1, -0.05) is 23.7 Å². The minimum atomic E-state index is 0.115. The molecule has 0 spiro atoms. The maximum absolute atomic E-state index is 12.5. The van der Waals surface area contributed by atoms with Crippen LogP contribution in [0.2, 0.25) is 5.02 Å². The third-order valence-corrected chi connectivity index (χ3v) is 8.91. The van der Waals surface area contributed by atoms with Gasteiger partial charge < -0.3 is 24.8 Å². The number of rotatable bonds is 10. The smallest absolute Gasteiger partial charge is 0.236 e. The van der Waals surface area contributed by atoms with Gasteiger partial charge in [0, 0.05) is 80.9 Å². The van der Waals surface area contributed by atoms with Crippen LogP contribution in [0.5, 0.6) is 11.5 Å². The van der Waals surface area contributed by atoms with E-state index in [-0.39, 0.29) is 6.04 Å². The maximum Gasteiger partial charge on any atom is 0.236 e. The van der Waals surface area contributed by atoms with Crippen LogP contribution in [0.3, 0.4) is 0 Å². The molecule has 1 aromatic heterocycles. The monoisotopic (exact) mass is 603 g/mol. The lowest BCUT2D eigenvalue weighted by Crippen LogP contribution is -2.50. The van der Waals surface area contributed by atoms with Crippen molar-refractivity contribution in [1.82, 2.24) is 24.7 Å². The number of fused-ring (bicyclic) bond motifs is 1. The van der Waals surface area contributed by atoms with Gasteiger partial charge in [0.05, 0.1) is 12.6 Å². The van der Waals surface area contributed by atoms with E-state index in [1.807, 2.05) is 60.5 Å². The largest absolute Gasteiger partial charge is 0.457 e. The van der Waals surface area contributed by atoms with Crippen molar-refractivity contribution in [3.63, 3.8) is 0 Å². The van der Waals surface area contributed by atoms with E-state index in [1.54, 1.807) is 0 Å². The molecule has 228 valence electrons. The number of aryl methyl sites for hydroxylation is 1. The summed E-state index contributed by atoms with van der Waals surface area (Å²) in [6, 6.07) is 15.6. The third kappa shape index (κ3) is 7.77. The van der Waals surface area contributed by atoms with Gasteiger partial charge in [-0.3, -0.25) is 9.69 Å². The lowest BCUT2D eigenvalue weighted by Gasteiger charge is -2.37. The van der Waals surface area contributed by atoms with Crippen LogP contribution in [-0.4, -0.2) is 96.0 Å². The number of aromatic nitrogens is 2. The number of amides is 1. The van der Waals surface area contributed by atoms with Crippen molar-refractivity contribution in [3.05, 3.63) is 71.1 Å². The zero-order valence-electron chi connectivity index (χ0n) is 25.1. The minimum Gasteiger partial charge on any atom is -0.457 e. The van der Waals surface area contributed by atoms with Crippen molar-refractivity contribution < 1.29 is 9.53 Å². The Kier molecular flexibility index (Phi) is 9.61. The van der Waals surface area contributed by atoms with Crippen LogP contribution in [-0.2, 0) is 4.79 Å². The molecule has 0 aliphatic carbocycles. The van der Waals surface area contributed by atoms with Crippen molar-refractivity contribution >= 4 is 29.0 Å². The molecule has 1 atom stereocenters. The summed E-state index contributed by atoms with van der Waals surface area (Å²) in [5.41, 5.74) is 2.13. The summed E-state index contributed by atoms with van der Waals surface area (Å²) in [5.74, 6) is 3.60. The van der Waals surface area contributed by atoms with Crippen molar-refractivity contribution in [3.8, 4) is 11.5 Å². The average Bonchev–Trinajstić information content (AvgIpc) is 3.55. The summed E-state index contributed by atoms with van der Waals surface area (Å²) in [7, 11) is 0. The molecule has 4 heterocycles. The maximum atomic E-state index is 12.5. The number of hydrogen-bond acceptors (Lipinski definition) is 8. The normalized spacial score (nSPS) is 19.3. The molecule has 3 aromatic rings. The number of carbonyl (C=O) groups is 1. The van der Waals surface area contributed by atoms with Crippen LogP contribution in [0.25, 0.3) is 0 Å². The predicted molar refractivity (Wildman–Crippen MR) is 171 cm³/mol. The summed E-state index contributed by atoms with van der Waals surface area (Å²) in [4.78, 5) is 31.3. The van der Waals surface area contributed by atoms with Gasteiger partial charge in [-0.05, 0) is 69.5 Å². The van der Waals surface area contributed by atoms with E-state index in [9.17, 15) is 4.79 Å². The lowest BCUT2D eigenvalue weighted by atomic mass is 10.00. The fourth-order valence-corrected chi connectivity index (χ4v) is 6.49. The zero-order valence-corrected chi connectivity index (χ0v) is 25.8. The van der Waals surface area contributed by atoms with Gasteiger partial charge in [0.25, 0.3) is 0 Å². The van der Waals surface area contributed by atoms with Gasteiger partial charge in [-0.25, -0.2) is 9.97 Å². The number of benzene rings is 2. The standard InChI is InChI=1S/C33H42ClN7O2/c1-25-35-23-30-31(37-27-8-5-10-29(22-27)43-28-9-4-7-26(34)21-28)11-16-41(33(30)36-25)15-6-12-38-17-19-39(20-18-38)24-32(42)40-13-2-3-14-40/h4-5,7-10,21-23,31,37H,2-3,6,11-20,24H2,1H3. The number of hydrogen-bond donors (Lipinski definition) is 1. The number of nitrogens with zero attached hydrogens (tertiary/aromatic N) is 6. The molecule has 9 nitrogen and oxygen atoms in total. The number of anilines is 2. The molecule has 1 unspecified atom stereocenters. The van der Waals surface area contributed by atoms with E-state index in [2.05, 4.69) is 31.1 Å². The highest BCUT2D eigenvalue weighted by molar-refractivity contribution is 6.30. The second-order valence-corrected chi connectivity index (χ2v) is 12.3. The van der Waals surface area contributed by atoms with Gasteiger partial charge in [0.2, 0.25) is 5.91 Å². The lowest BCUT2D eigenvalue weighted by molar-refractivity contribution is -0.131. The van der Waals surface area contributed by atoms with Crippen LogP contribution < -0.4 is 15.0 Å². The fraction of sp³-hybridized carbons (Fsp3) is 0.485. The van der Waals surface area contributed by atoms with E-state index in [4.69, 9.17) is 21.3 Å². The summed E-state index contributed by atoms with van der Waals surface area (Å²) < 4.78 is 6.05. The van der Waals surface area contributed by atoms with Crippen LogP contribution in [0.15, 0.2) is 54.7 Å². The van der Waals surface area contributed by atoms with Gasteiger partial charge in [0.1, 0.15) is 23.1 Å². The van der Waals surface area contributed by atoms with Crippen molar-refractivity contribution in [1.29, 1.82) is 0 Å². The van der Waals surface area contributed by atoms with E-state index >= 15 is 0 Å². The van der Waals surface area contributed by atoms with Crippen molar-refractivity contribution in [2.45, 2.75) is 38.6 Å². The molecular formula is C33H42ClN7O2. The molecule has 1 N–H and O–H groups in total. The number of likely N-dealkylation sites (tertiary alicyclic amines) is 1.